The summed E-state index contributed by atoms with van der Waals surface area (Å²) < 4.78 is 0. The molecule has 0 aliphatic heterocycles. The first kappa shape index (κ1) is 16.4. The first-order chi connectivity index (χ1) is 9.38. The molecule has 0 spiro atoms. The van der Waals surface area contributed by atoms with Gasteiger partial charge in [0, 0.05) is 24.1 Å². The number of amides is 1. The number of aliphatic hydroxyl groups is 1. The lowest BCUT2D eigenvalue weighted by atomic mass is 9.81. The zero-order valence-electron chi connectivity index (χ0n) is 12.9. The summed E-state index contributed by atoms with van der Waals surface area (Å²) in [5.41, 5.74) is 0.743. The third-order valence-corrected chi connectivity index (χ3v) is 3.77. The molecule has 1 N–H and O–H groups in total. The van der Waals surface area contributed by atoms with Gasteiger partial charge in [0.15, 0.2) is 0 Å². The number of rotatable bonds is 6. The van der Waals surface area contributed by atoms with Crippen LogP contribution in [0.4, 0.5) is 0 Å². The fourth-order valence-corrected chi connectivity index (χ4v) is 2.12. The van der Waals surface area contributed by atoms with Gasteiger partial charge in [-0.1, -0.05) is 38.1 Å². The summed E-state index contributed by atoms with van der Waals surface area (Å²) in [5, 5.41) is 10.6. The number of hydrogen-bond acceptors (Lipinski definition) is 2. The number of benzene rings is 1. The molecule has 1 amide bonds. The second-order valence-electron chi connectivity index (χ2n) is 5.49. The van der Waals surface area contributed by atoms with Gasteiger partial charge in [0.2, 0.25) is 0 Å². The number of carbonyl (C=O) groups excluding carboxylic acids is 1. The smallest absolute Gasteiger partial charge is 0.254 e. The standard InChI is InChI=1S/C17H25NO2/c1-6-17(4,5)15(19)13-11-9-10-12-14(13)16(20)18(7-2)8-3/h6,9-12,15,19H,1,7-8H2,2-5H3/t15-/m1/s1. The normalized spacial score (nSPS) is 12.8. The Bertz CT molecular complexity index is 476. The summed E-state index contributed by atoms with van der Waals surface area (Å²) in [6.45, 7) is 12.8. The van der Waals surface area contributed by atoms with Crippen molar-refractivity contribution in [2.75, 3.05) is 13.1 Å². The van der Waals surface area contributed by atoms with E-state index in [1.165, 1.54) is 0 Å². The van der Waals surface area contributed by atoms with E-state index < -0.39 is 11.5 Å². The number of nitrogens with zero attached hydrogens (tertiary/aromatic N) is 1. The second-order valence-corrected chi connectivity index (χ2v) is 5.49. The first-order valence-electron chi connectivity index (χ1n) is 7.08. The van der Waals surface area contributed by atoms with E-state index in [-0.39, 0.29) is 5.91 Å². The average Bonchev–Trinajstić information content (AvgIpc) is 2.47. The van der Waals surface area contributed by atoms with Gasteiger partial charge in [0.25, 0.3) is 5.91 Å². The fraction of sp³-hybridized carbons (Fsp3) is 0.471. The predicted molar refractivity (Wildman–Crippen MR) is 82.6 cm³/mol. The summed E-state index contributed by atoms with van der Waals surface area (Å²) >= 11 is 0. The van der Waals surface area contributed by atoms with Gasteiger partial charge < -0.3 is 10.0 Å². The molecule has 0 saturated carbocycles. The molecule has 3 nitrogen and oxygen atoms in total. The molecule has 0 aromatic heterocycles. The Morgan fingerprint density at radius 1 is 1.35 bits per heavy atom. The maximum absolute atomic E-state index is 12.5. The lowest BCUT2D eigenvalue weighted by molar-refractivity contribution is 0.0709. The third kappa shape index (κ3) is 3.28. The zero-order chi connectivity index (χ0) is 15.3. The van der Waals surface area contributed by atoms with Gasteiger partial charge in [-0.15, -0.1) is 6.58 Å². The van der Waals surface area contributed by atoms with E-state index in [0.717, 1.165) is 0 Å². The van der Waals surface area contributed by atoms with Crippen LogP contribution in [0.15, 0.2) is 36.9 Å². The molecule has 0 saturated heterocycles. The molecule has 0 bridgehead atoms. The number of aliphatic hydroxyl groups excluding tert-OH is 1. The Morgan fingerprint density at radius 3 is 2.40 bits per heavy atom. The fourth-order valence-electron chi connectivity index (χ4n) is 2.12. The molecule has 1 atom stereocenters. The molecule has 0 unspecified atom stereocenters. The zero-order valence-corrected chi connectivity index (χ0v) is 12.9. The highest BCUT2D eigenvalue weighted by atomic mass is 16.3. The number of hydrogen-bond donors (Lipinski definition) is 1. The van der Waals surface area contributed by atoms with Crippen molar-refractivity contribution >= 4 is 5.91 Å². The van der Waals surface area contributed by atoms with Crippen molar-refractivity contribution in [3.8, 4) is 0 Å². The molecular formula is C17H25NO2. The topological polar surface area (TPSA) is 40.5 Å². The Balaban J connectivity index is 3.24. The molecule has 1 rings (SSSR count). The highest BCUT2D eigenvalue weighted by Gasteiger charge is 2.29. The molecule has 0 radical (unpaired) electrons. The summed E-state index contributed by atoms with van der Waals surface area (Å²) in [6, 6.07) is 7.26. The van der Waals surface area contributed by atoms with E-state index >= 15 is 0 Å². The van der Waals surface area contributed by atoms with Crippen LogP contribution in [-0.4, -0.2) is 29.0 Å². The molecule has 0 aliphatic rings. The van der Waals surface area contributed by atoms with Gasteiger partial charge in [-0.25, -0.2) is 0 Å². The summed E-state index contributed by atoms with van der Waals surface area (Å²) in [4.78, 5) is 14.3. The summed E-state index contributed by atoms with van der Waals surface area (Å²) in [5.74, 6) is -0.0375. The van der Waals surface area contributed by atoms with Crippen molar-refractivity contribution in [2.24, 2.45) is 5.41 Å². The lowest BCUT2D eigenvalue weighted by Crippen LogP contribution is -2.32. The van der Waals surface area contributed by atoms with Gasteiger partial charge in [0.05, 0.1) is 6.10 Å². The lowest BCUT2D eigenvalue weighted by Gasteiger charge is -2.29. The Morgan fingerprint density at radius 2 is 1.90 bits per heavy atom. The van der Waals surface area contributed by atoms with Crippen LogP contribution in [0.1, 0.15) is 49.7 Å². The third-order valence-electron chi connectivity index (χ3n) is 3.77. The monoisotopic (exact) mass is 275 g/mol. The molecule has 0 heterocycles. The van der Waals surface area contributed by atoms with Crippen molar-refractivity contribution in [1.82, 2.24) is 4.90 Å². The predicted octanol–water partition coefficient (Wildman–Crippen LogP) is 3.41. The van der Waals surface area contributed by atoms with Crippen LogP contribution in [0.2, 0.25) is 0 Å². The van der Waals surface area contributed by atoms with Crippen molar-refractivity contribution in [3.63, 3.8) is 0 Å². The highest BCUT2D eigenvalue weighted by molar-refractivity contribution is 5.95. The van der Waals surface area contributed by atoms with Crippen LogP contribution >= 0.6 is 0 Å². The van der Waals surface area contributed by atoms with Gasteiger partial charge in [0.1, 0.15) is 0 Å². The van der Waals surface area contributed by atoms with Crippen LogP contribution in [0, 0.1) is 5.41 Å². The van der Waals surface area contributed by atoms with E-state index in [2.05, 4.69) is 6.58 Å². The van der Waals surface area contributed by atoms with Gasteiger partial charge >= 0.3 is 0 Å². The van der Waals surface area contributed by atoms with Gasteiger partial charge in [-0.05, 0) is 25.5 Å². The SMILES string of the molecule is C=CC(C)(C)[C@H](O)c1ccccc1C(=O)N(CC)CC. The molecule has 0 aliphatic carbocycles. The van der Waals surface area contributed by atoms with E-state index in [9.17, 15) is 9.90 Å². The minimum Gasteiger partial charge on any atom is -0.388 e. The Hall–Kier alpha value is -1.61. The summed E-state index contributed by atoms with van der Waals surface area (Å²) in [7, 11) is 0. The molecule has 1 aromatic carbocycles. The minimum absolute atomic E-state index is 0.0375. The van der Waals surface area contributed by atoms with Gasteiger partial charge in [-0.3, -0.25) is 4.79 Å². The molecule has 1 aromatic rings. The van der Waals surface area contributed by atoms with Gasteiger partial charge in [-0.2, -0.15) is 0 Å². The Labute approximate surface area is 121 Å². The first-order valence-corrected chi connectivity index (χ1v) is 7.08. The average molecular weight is 275 g/mol. The maximum Gasteiger partial charge on any atom is 0.254 e. The van der Waals surface area contributed by atoms with E-state index in [1.54, 1.807) is 17.0 Å². The largest absolute Gasteiger partial charge is 0.388 e. The van der Waals surface area contributed by atoms with Crippen molar-refractivity contribution in [2.45, 2.75) is 33.8 Å². The van der Waals surface area contributed by atoms with E-state index in [4.69, 9.17) is 0 Å². The molecule has 3 heteroatoms. The van der Waals surface area contributed by atoms with Crippen LogP contribution < -0.4 is 0 Å². The van der Waals surface area contributed by atoms with Crippen LogP contribution in [0.5, 0.6) is 0 Å². The van der Waals surface area contributed by atoms with E-state index in [0.29, 0.717) is 24.2 Å². The molecule has 0 fully saturated rings. The summed E-state index contributed by atoms with van der Waals surface area (Å²) in [6.07, 6.45) is 0.965. The quantitative estimate of drug-likeness (QED) is 0.808. The number of carbonyl (C=O) groups is 1. The van der Waals surface area contributed by atoms with Crippen molar-refractivity contribution in [1.29, 1.82) is 0 Å². The van der Waals surface area contributed by atoms with E-state index in [1.807, 2.05) is 45.9 Å². The molecule has 20 heavy (non-hydrogen) atoms. The molecular weight excluding hydrogens is 250 g/mol. The van der Waals surface area contributed by atoms with Crippen LogP contribution in [0.25, 0.3) is 0 Å². The van der Waals surface area contributed by atoms with Crippen LogP contribution in [-0.2, 0) is 0 Å². The van der Waals surface area contributed by atoms with Crippen LogP contribution in [0.3, 0.4) is 0 Å². The molecule has 110 valence electrons. The van der Waals surface area contributed by atoms with Crippen molar-refractivity contribution in [3.05, 3.63) is 48.0 Å². The minimum atomic E-state index is -0.754. The highest BCUT2D eigenvalue weighted by Crippen LogP contribution is 2.36. The maximum atomic E-state index is 12.5. The van der Waals surface area contributed by atoms with Crippen molar-refractivity contribution < 1.29 is 9.90 Å². The second kappa shape index (κ2) is 6.71. The Kier molecular flexibility index (Phi) is 5.52.